The first-order chi connectivity index (χ1) is 14.0. The standard InChI is InChI=1S/C23H26N4O2/c1-5-29-21-9-7-6-8-19(21)26-22(28)20-14-16(4)24-23(27-20)25-18-12-10-17(11-13-18)15(2)3/h6-15H,5H2,1-4H3,(H,26,28)(H,24,25,27). The van der Waals surface area contributed by atoms with E-state index >= 15 is 0 Å². The average Bonchev–Trinajstić information content (AvgIpc) is 2.69. The number of anilines is 3. The topological polar surface area (TPSA) is 76.1 Å². The van der Waals surface area contributed by atoms with Gasteiger partial charge in [0.1, 0.15) is 11.4 Å². The summed E-state index contributed by atoms with van der Waals surface area (Å²) in [6.07, 6.45) is 0. The largest absolute Gasteiger partial charge is 0.492 e. The van der Waals surface area contributed by atoms with Crippen LogP contribution in [0.1, 0.15) is 48.4 Å². The third-order valence-electron chi connectivity index (χ3n) is 4.36. The first kappa shape index (κ1) is 20.3. The van der Waals surface area contributed by atoms with E-state index in [2.05, 4.69) is 46.6 Å². The summed E-state index contributed by atoms with van der Waals surface area (Å²) in [4.78, 5) is 21.5. The minimum absolute atomic E-state index is 0.283. The number of aromatic nitrogens is 2. The number of hydrogen-bond donors (Lipinski definition) is 2. The highest BCUT2D eigenvalue weighted by Crippen LogP contribution is 2.24. The normalized spacial score (nSPS) is 10.7. The zero-order chi connectivity index (χ0) is 20.8. The predicted octanol–water partition coefficient (Wildman–Crippen LogP) is 5.30. The highest BCUT2D eigenvalue weighted by molar-refractivity contribution is 6.03. The van der Waals surface area contributed by atoms with E-state index in [0.29, 0.717) is 35.6 Å². The van der Waals surface area contributed by atoms with Gasteiger partial charge in [-0.1, -0.05) is 38.1 Å². The Balaban J connectivity index is 1.79. The molecule has 0 unspecified atom stereocenters. The molecule has 0 fully saturated rings. The Labute approximate surface area is 171 Å². The molecule has 3 rings (SSSR count). The molecule has 0 atom stereocenters. The van der Waals surface area contributed by atoms with Gasteiger partial charge in [0, 0.05) is 11.4 Å². The van der Waals surface area contributed by atoms with Crippen LogP contribution in [0, 0.1) is 6.92 Å². The molecule has 0 saturated carbocycles. The Morgan fingerprint density at radius 2 is 1.79 bits per heavy atom. The molecule has 1 aromatic heterocycles. The molecule has 0 spiro atoms. The Hall–Kier alpha value is -3.41. The molecule has 150 valence electrons. The molecule has 2 aromatic carbocycles. The number of carbonyl (C=O) groups excluding carboxylic acids is 1. The Morgan fingerprint density at radius 3 is 2.48 bits per heavy atom. The lowest BCUT2D eigenvalue weighted by Crippen LogP contribution is -2.16. The van der Waals surface area contributed by atoms with Crippen LogP contribution < -0.4 is 15.4 Å². The molecular weight excluding hydrogens is 364 g/mol. The molecule has 0 aliphatic rings. The monoisotopic (exact) mass is 390 g/mol. The fourth-order valence-corrected chi connectivity index (χ4v) is 2.86. The zero-order valence-corrected chi connectivity index (χ0v) is 17.2. The van der Waals surface area contributed by atoms with Gasteiger partial charge in [0.15, 0.2) is 0 Å². The molecule has 0 aliphatic heterocycles. The van der Waals surface area contributed by atoms with Gasteiger partial charge in [-0.3, -0.25) is 4.79 Å². The molecule has 1 heterocycles. The number of carbonyl (C=O) groups is 1. The SMILES string of the molecule is CCOc1ccccc1NC(=O)c1cc(C)nc(Nc2ccc(C(C)C)cc2)n1. The summed E-state index contributed by atoms with van der Waals surface area (Å²) in [5, 5.41) is 6.04. The van der Waals surface area contributed by atoms with E-state index < -0.39 is 0 Å². The number of hydrogen-bond acceptors (Lipinski definition) is 5. The van der Waals surface area contributed by atoms with Gasteiger partial charge in [0.25, 0.3) is 5.91 Å². The third kappa shape index (κ3) is 5.31. The van der Waals surface area contributed by atoms with E-state index in [4.69, 9.17) is 4.74 Å². The first-order valence-electron chi connectivity index (χ1n) is 9.72. The van der Waals surface area contributed by atoms with E-state index in [1.807, 2.05) is 44.2 Å². The average molecular weight is 390 g/mol. The van der Waals surface area contributed by atoms with Gasteiger partial charge in [0.05, 0.1) is 12.3 Å². The number of para-hydroxylation sites is 2. The summed E-state index contributed by atoms with van der Waals surface area (Å²) in [5.74, 6) is 1.15. The van der Waals surface area contributed by atoms with E-state index in [0.717, 1.165) is 5.69 Å². The van der Waals surface area contributed by atoms with E-state index in [1.54, 1.807) is 12.1 Å². The Bertz CT molecular complexity index is 984. The van der Waals surface area contributed by atoms with Crippen molar-refractivity contribution in [2.45, 2.75) is 33.6 Å². The van der Waals surface area contributed by atoms with E-state index in [9.17, 15) is 4.79 Å². The maximum atomic E-state index is 12.8. The van der Waals surface area contributed by atoms with Crippen molar-refractivity contribution < 1.29 is 9.53 Å². The number of nitrogens with one attached hydrogen (secondary N) is 2. The van der Waals surface area contributed by atoms with Gasteiger partial charge >= 0.3 is 0 Å². The summed E-state index contributed by atoms with van der Waals surface area (Å²) < 4.78 is 5.57. The Kier molecular flexibility index (Phi) is 6.44. The van der Waals surface area contributed by atoms with Crippen molar-refractivity contribution in [1.82, 2.24) is 9.97 Å². The van der Waals surface area contributed by atoms with Gasteiger partial charge < -0.3 is 15.4 Å². The van der Waals surface area contributed by atoms with Crippen molar-refractivity contribution in [2.24, 2.45) is 0 Å². The maximum absolute atomic E-state index is 12.8. The lowest BCUT2D eigenvalue weighted by molar-refractivity contribution is 0.102. The van der Waals surface area contributed by atoms with Crippen LogP contribution in [0.15, 0.2) is 54.6 Å². The summed E-state index contributed by atoms with van der Waals surface area (Å²) in [6.45, 7) is 8.56. The predicted molar refractivity (Wildman–Crippen MR) is 116 cm³/mol. The van der Waals surface area contributed by atoms with Gasteiger partial charge in [-0.25, -0.2) is 9.97 Å². The van der Waals surface area contributed by atoms with Crippen molar-refractivity contribution in [2.75, 3.05) is 17.2 Å². The second-order valence-corrected chi connectivity index (χ2v) is 7.00. The van der Waals surface area contributed by atoms with Gasteiger partial charge in [-0.15, -0.1) is 0 Å². The molecular formula is C23H26N4O2. The molecule has 29 heavy (non-hydrogen) atoms. The smallest absolute Gasteiger partial charge is 0.274 e. The lowest BCUT2D eigenvalue weighted by atomic mass is 10.0. The molecule has 3 aromatic rings. The van der Waals surface area contributed by atoms with Crippen molar-refractivity contribution in [3.63, 3.8) is 0 Å². The van der Waals surface area contributed by atoms with Crippen LogP contribution in [0.2, 0.25) is 0 Å². The number of aryl methyl sites for hydroxylation is 1. The second kappa shape index (κ2) is 9.19. The number of ether oxygens (including phenoxy) is 1. The molecule has 0 radical (unpaired) electrons. The van der Waals surface area contributed by atoms with Crippen LogP contribution in [0.4, 0.5) is 17.3 Å². The van der Waals surface area contributed by atoms with Gasteiger partial charge in [0.2, 0.25) is 5.95 Å². The zero-order valence-electron chi connectivity index (χ0n) is 17.2. The minimum atomic E-state index is -0.319. The first-order valence-corrected chi connectivity index (χ1v) is 9.72. The summed E-state index contributed by atoms with van der Waals surface area (Å²) >= 11 is 0. The van der Waals surface area contributed by atoms with Crippen molar-refractivity contribution in [3.8, 4) is 5.75 Å². The van der Waals surface area contributed by atoms with Crippen molar-refractivity contribution in [1.29, 1.82) is 0 Å². The third-order valence-corrected chi connectivity index (χ3v) is 4.36. The number of rotatable bonds is 7. The number of benzene rings is 2. The number of amides is 1. The van der Waals surface area contributed by atoms with Crippen LogP contribution in [0.25, 0.3) is 0 Å². The van der Waals surface area contributed by atoms with E-state index in [-0.39, 0.29) is 11.6 Å². The molecule has 0 aliphatic carbocycles. The molecule has 6 nitrogen and oxygen atoms in total. The van der Waals surface area contributed by atoms with Gasteiger partial charge in [-0.2, -0.15) is 0 Å². The van der Waals surface area contributed by atoms with Crippen molar-refractivity contribution >= 4 is 23.2 Å². The molecule has 0 saturated heterocycles. The van der Waals surface area contributed by atoms with Crippen LogP contribution in [0.5, 0.6) is 5.75 Å². The molecule has 2 N–H and O–H groups in total. The molecule has 6 heteroatoms. The maximum Gasteiger partial charge on any atom is 0.274 e. The quantitative estimate of drug-likeness (QED) is 0.572. The minimum Gasteiger partial charge on any atom is -0.492 e. The van der Waals surface area contributed by atoms with Crippen LogP contribution in [-0.4, -0.2) is 22.5 Å². The molecule has 1 amide bonds. The number of nitrogens with zero attached hydrogens (tertiary/aromatic N) is 2. The molecule has 0 bridgehead atoms. The summed E-state index contributed by atoms with van der Waals surface area (Å²) in [5.41, 5.74) is 3.71. The highest BCUT2D eigenvalue weighted by Gasteiger charge is 2.13. The van der Waals surface area contributed by atoms with Crippen molar-refractivity contribution in [3.05, 3.63) is 71.5 Å². The van der Waals surface area contributed by atoms with Crippen LogP contribution in [-0.2, 0) is 0 Å². The fraction of sp³-hybridized carbons (Fsp3) is 0.261. The summed E-state index contributed by atoms with van der Waals surface area (Å²) in [6, 6.07) is 17.1. The van der Waals surface area contributed by atoms with E-state index in [1.165, 1.54) is 5.56 Å². The van der Waals surface area contributed by atoms with Crippen LogP contribution in [0.3, 0.4) is 0 Å². The fourth-order valence-electron chi connectivity index (χ4n) is 2.86. The van der Waals surface area contributed by atoms with Gasteiger partial charge in [-0.05, 0) is 55.7 Å². The lowest BCUT2D eigenvalue weighted by Gasteiger charge is -2.12. The second-order valence-electron chi connectivity index (χ2n) is 7.00. The van der Waals surface area contributed by atoms with Crippen LogP contribution >= 0.6 is 0 Å². The summed E-state index contributed by atoms with van der Waals surface area (Å²) in [7, 11) is 0. The highest BCUT2D eigenvalue weighted by atomic mass is 16.5. The Morgan fingerprint density at radius 1 is 1.07 bits per heavy atom.